The fourth-order valence-electron chi connectivity index (χ4n) is 2.56. The number of nitrogens with two attached hydrogens (primary N) is 2. The van der Waals surface area contributed by atoms with Crippen LogP contribution in [0.2, 0.25) is 0 Å². The van der Waals surface area contributed by atoms with Crippen LogP contribution in [0.15, 0.2) is 0 Å². The van der Waals surface area contributed by atoms with E-state index in [1.54, 1.807) is 14.0 Å². The van der Waals surface area contributed by atoms with Crippen molar-refractivity contribution in [2.45, 2.75) is 44.6 Å². The van der Waals surface area contributed by atoms with Crippen LogP contribution in [0.1, 0.15) is 39.0 Å². The molecule has 4 N–H and O–H groups in total. The van der Waals surface area contributed by atoms with E-state index in [9.17, 15) is 4.79 Å². The third-order valence-electron chi connectivity index (χ3n) is 4.09. The number of nitrogens with zero attached hydrogens (tertiary/aromatic N) is 1. The maximum absolute atomic E-state index is 11.1. The number of hydrogen-bond donors (Lipinski definition) is 2. The zero-order valence-electron chi connectivity index (χ0n) is 12.4. The van der Waals surface area contributed by atoms with Gasteiger partial charge in [-0.2, -0.15) is 0 Å². The molecule has 1 amide bonds. The van der Waals surface area contributed by atoms with Crippen LogP contribution in [-0.2, 0) is 9.53 Å². The molecule has 5 nitrogen and oxygen atoms in total. The minimum atomic E-state index is -0.856. The Morgan fingerprint density at radius 2 is 2.00 bits per heavy atom. The van der Waals surface area contributed by atoms with Gasteiger partial charge in [0.25, 0.3) is 0 Å². The van der Waals surface area contributed by atoms with Gasteiger partial charge in [0.15, 0.2) is 0 Å². The number of hydrogen-bond acceptors (Lipinski definition) is 4. The molecular formula is C14H29N3O2. The summed E-state index contributed by atoms with van der Waals surface area (Å²) in [6.45, 7) is 6.01. The number of ether oxygens (including phenoxy) is 1. The first-order valence-electron chi connectivity index (χ1n) is 7.26. The molecule has 0 saturated carbocycles. The van der Waals surface area contributed by atoms with Crippen LogP contribution < -0.4 is 11.5 Å². The first kappa shape index (κ1) is 16.4. The number of piperidine rings is 1. The van der Waals surface area contributed by atoms with E-state index in [0.717, 1.165) is 45.0 Å². The van der Waals surface area contributed by atoms with Gasteiger partial charge in [0.1, 0.15) is 0 Å². The summed E-state index contributed by atoms with van der Waals surface area (Å²) in [6.07, 6.45) is 5.15. The van der Waals surface area contributed by atoms with Crippen molar-refractivity contribution in [1.82, 2.24) is 4.90 Å². The molecule has 19 heavy (non-hydrogen) atoms. The van der Waals surface area contributed by atoms with Crippen LogP contribution in [-0.4, -0.2) is 49.7 Å². The summed E-state index contributed by atoms with van der Waals surface area (Å²) in [7, 11) is 1.77. The van der Waals surface area contributed by atoms with Gasteiger partial charge in [0.05, 0.1) is 5.54 Å². The van der Waals surface area contributed by atoms with E-state index in [4.69, 9.17) is 16.2 Å². The van der Waals surface area contributed by atoms with Gasteiger partial charge in [-0.1, -0.05) is 0 Å². The summed E-state index contributed by atoms with van der Waals surface area (Å²) in [4.78, 5) is 13.6. The largest absolute Gasteiger partial charge is 0.384 e. The van der Waals surface area contributed by atoms with Gasteiger partial charge < -0.3 is 21.1 Å². The van der Waals surface area contributed by atoms with Crippen molar-refractivity contribution >= 4 is 5.91 Å². The van der Waals surface area contributed by atoms with Crippen LogP contribution in [0.25, 0.3) is 0 Å². The lowest BCUT2D eigenvalue weighted by atomic mass is 9.94. The summed E-state index contributed by atoms with van der Waals surface area (Å²) in [5.74, 6) is 0.316. The van der Waals surface area contributed by atoms with Gasteiger partial charge in [-0.25, -0.2) is 0 Å². The van der Waals surface area contributed by atoms with Crippen molar-refractivity contribution in [3.05, 3.63) is 0 Å². The lowest BCUT2D eigenvalue weighted by Crippen LogP contribution is -2.49. The third kappa shape index (κ3) is 5.89. The molecule has 0 spiro atoms. The SMILES string of the molecule is COCC1CCN(CCCCC(C)(N)C(N)=O)CC1. The molecule has 1 heterocycles. The predicted octanol–water partition coefficient (Wildman–Crippen LogP) is 0.718. The molecule has 0 aromatic rings. The maximum atomic E-state index is 11.1. The second-order valence-electron chi connectivity index (χ2n) is 5.98. The number of amides is 1. The minimum absolute atomic E-state index is 0.409. The van der Waals surface area contributed by atoms with E-state index < -0.39 is 11.4 Å². The van der Waals surface area contributed by atoms with E-state index >= 15 is 0 Å². The fourth-order valence-corrected chi connectivity index (χ4v) is 2.56. The van der Waals surface area contributed by atoms with Crippen LogP contribution in [0, 0.1) is 5.92 Å². The molecule has 0 aromatic carbocycles. The van der Waals surface area contributed by atoms with Crippen molar-refractivity contribution in [2.24, 2.45) is 17.4 Å². The van der Waals surface area contributed by atoms with Gasteiger partial charge >= 0.3 is 0 Å². The molecule has 0 radical (unpaired) electrons. The Kier molecular flexibility index (Phi) is 6.75. The lowest BCUT2D eigenvalue weighted by Gasteiger charge is -2.31. The normalized spacial score (nSPS) is 21.2. The molecule has 0 aliphatic carbocycles. The quantitative estimate of drug-likeness (QED) is 0.637. The molecule has 1 atom stereocenters. The Morgan fingerprint density at radius 1 is 1.37 bits per heavy atom. The molecule has 5 heteroatoms. The molecule has 0 bridgehead atoms. The molecular weight excluding hydrogens is 242 g/mol. The first-order valence-corrected chi connectivity index (χ1v) is 7.26. The third-order valence-corrected chi connectivity index (χ3v) is 4.09. The minimum Gasteiger partial charge on any atom is -0.384 e. The Morgan fingerprint density at radius 3 is 2.53 bits per heavy atom. The lowest BCUT2D eigenvalue weighted by molar-refractivity contribution is -0.122. The Balaban J connectivity index is 2.10. The number of carbonyl (C=O) groups excluding carboxylic acids is 1. The highest BCUT2D eigenvalue weighted by molar-refractivity contribution is 5.83. The highest BCUT2D eigenvalue weighted by atomic mass is 16.5. The molecule has 112 valence electrons. The van der Waals surface area contributed by atoms with E-state index in [2.05, 4.69) is 4.90 Å². The second-order valence-corrected chi connectivity index (χ2v) is 5.98. The van der Waals surface area contributed by atoms with Crippen molar-refractivity contribution in [1.29, 1.82) is 0 Å². The van der Waals surface area contributed by atoms with E-state index in [1.165, 1.54) is 12.8 Å². The molecule has 0 aromatic heterocycles. The van der Waals surface area contributed by atoms with Crippen LogP contribution in [0.3, 0.4) is 0 Å². The number of primary amides is 1. The average Bonchev–Trinajstić information content (AvgIpc) is 2.37. The monoisotopic (exact) mass is 271 g/mol. The molecule has 1 rings (SSSR count). The number of methoxy groups -OCH3 is 1. The zero-order valence-corrected chi connectivity index (χ0v) is 12.4. The summed E-state index contributed by atoms with van der Waals surface area (Å²) >= 11 is 0. The first-order chi connectivity index (χ1) is 8.95. The zero-order chi connectivity index (χ0) is 14.3. The van der Waals surface area contributed by atoms with E-state index in [1.807, 2.05) is 0 Å². The molecule has 1 fully saturated rings. The predicted molar refractivity (Wildman–Crippen MR) is 76.7 cm³/mol. The number of unbranched alkanes of at least 4 members (excludes halogenated alkanes) is 1. The fraction of sp³-hybridized carbons (Fsp3) is 0.929. The number of carbonyl (C=O) groups is 1. The smallest absolute Gasteiger partial charge is 0.237 e. The molecule has 1 aliphatic rings. The summed E-state index contributed by atoms with van der Waals surface area (Å²) in [5, 5.41) is 0. The topological polar surface area (TPSA) is 81.6 Å². The highest BCUT2D eigenvalue weighted by Crippen LogP contribution is 2.18. The van der Waals surface area contributed by atoms with Crippen LogP contribution >= 0.6 is 0 Å². The van der Waals surface area contributed by atoms with Crippen molar-refractivity contribution in [2.75, 3.05) is 33.4 Å². The molecule has 1 aliphatic heterocycles. The second kappa shape index (κ2) is 7.82. The van der Waals surface area contributed by atoms with Crippen molar-refractivity contribution in [3.8, 4) is 0 Å². The van der Waals surface area contributed by atoms with Crippen molar-refractivity contribution < 1.29 is 9.53 Å². The van der Waals surface area contributed by atoms with E-state index in [-0.39, 0.29) is 0 Å². The number of rotatable bonds is 8. The number of likely N-dealkylation sites (tertiary alicyclic amines) is 1. The van der Waals surface area contributed by atoms with Crippen molar-refractivity contribution in [3.63, 3.8) is 0 Å². The van der Waals surface area contributed by atoms with E-state index in [0.29, 0.717) is 6.42 Å². The Bertz CT molecular complexity index is 274. The Hall–Kier alpha value is -0.650. The van der Waals surface area contributed by atoms with Crippen LogP contribution in [0.4, 0.5) is 0 Å². The summed E-state index contributed by atoms with van der Waals surface area (Å²) < 4.78 is 5.20. The van der Waals surface area contributed by atoms with Gasteiger partial charge in [-0.05, 0) is 64.6 Å². The van der Waals surface area contributed by atoms with Gasteiger partial charge in [-0.3, -0.25) is 4.79 Å². The highest BCUT2D eigenvalue weighted by Gasteiger charge is 2.25. The summed E-state index contributed by atoms with van der Waals surface area (Å²) in [6, 6.07) is 0. The average molecular weight is 271 g/mol. The Labute approximate surface area is 116 Å². The van der Waals surface area contributed by atoms with Gasteiger partial charge in [0.2, 0.25) is 5.91 Å². The standard InChI is InChI=1S/C14H29N3O2/c1-14(16,13(15)18)7-3-4-8-17-9-5-12(6-10-17)11-19-2/h12H,3-11,16H2,1-2H3,(H2,15,18). The van der Waals surface area contributed by atoms with Gasteiger partial charge in [-0.15, -0.1) is 0 Å². The van der Waals surface area contributed by atoms with Gasteiger partial charge in [0, 0.05) is 13.7 Å². The molecule has 1 saturated heterocycles. The summed E-state index contributed by atoms with van der Waals surface area (Å²) in [5.41, 5.74) is 10.2. The maximum Gasteiger partial charge on any atom is 0.237 e. The van der Waals surface area contributed by atoms with Crippen LogP contribution in [0.5, 0.6) is 0 Å². The molecule has 1 unspecified atom stereocenters.